The van der Waals surface area contributed by atoms with E-state index in [4.69, 9.17) is 5.10 Å². The smallest absolute Gasteiger partial charge is 0.124 e. The fourth-order valence-corrected chi connectivity index (χ4v) is 2.61. The van der Waals surface area contributed by atoms with Gasteiger partial charge in [0.1, 0.15) is 5.75 Å². The van der Waals surface area contributed by atoms with E-state index in [0.717, 1.165) is 11.3 Å². The third kappa shape index (κ3) is 2.66. The maximum Gasteiger partial charge on any atom is 0.124 e. The van der Waals surface area contributed by atoms with Crippen LogP contribution in [0.1, 0.15) is 45.6 Å². The second-order valence-electron chi connectivity index (χ2n) is 5.21. The predicted octanol–water partition coefficient (Wildman–Crippen LogP) is 3.38. The van der Waals surface area contributed by atoms with Crippen molar-refractivity contribution >= 4 is 5.71 Å². The maximum atomic E-state index is 9.84. The van der Waals surface area contributed by atoms with Crippen molar-refractivity contribution in [1.82, 2.24) is 5.01 Å². The van der Waals surface area contributed by atoms with Crippen LogP contribution in [0.4, 0.5) is 0 Å². The lowest BCUT2D eigenvalue weighted by Gasteiger charge is -2.37. The van der Waals surface area contributed by atoms with Crippen molar-refractivity contribution in [3.63, 3.8) is 0 Å². The summed E-state index contributed by atoms with van der Waals surface area (Å²) in [7, 11) is 0. The van der Waals surface area contributed by atoms with Gasteiger partial charge in [0.05, 0.1) is 5.71 Å². The average Bonchev–Trinajstić information content (AvgIpc) is 2.34. The predicted molar refractivity (Wildman–Crippen MR) is 74.9 cm³/mol. The molecule has 1 aromatic rings. The number of benzene rings is 1. The van der Waals surface area contributed by atoms with E-state index in [0.29, 0.717) is 17.8 Å². The first-order valence-electron chi connectivity index (χ1n) is 6.71. The number of piperidine rings is 1. The summed E-state index contributed by atoms with van der Waals surface area (Å²) in [4.78, 5) is 0. The highest BCUT2D eigenvalue weighted by atomic mass is 16.3. The largest absolute Gasteiger partial charge is 0.507 e. The quantitative estimate of drug-likeness (QED) is 0.812. The van der Waals surface area contributed by atoms with Gasteiger partial charge >= 0.3 is 0 Å². The molecule has 2 rings (SSSR count). The van der Waals surface area contributed by atoms with Crippen molar-refractivity contribution in [2.24, 2.45) is 5.10 Å². The third-order valence-corrected chi connectivity index (χ3v) is 3.71. The Morgan fingerprint density at radius 2 is 1.83 bits per heavy atom. The van der Waals surface area contributed by atoms with Crippen LogP contribution in [0.5, 0.6) is 5.75 Å². The molecule has 1 aliphatic heterocycles. The van der Waals surface area contributed by atoms with Crippen molar-refractivity contribution in [3.8, 4) is 5.75 Å². The highest BCUT2D eigenvalue weighted by molar-refractivity contribution is 6.00. The fraction of sp³-hybridized carbons (Fsp3) is 0.533. The van der Waals surface area contributed by atoms with Gasteiger partial charge in [-0.05, 0) is 52.2 Å². The molecule has 0 bridgehead atoms. The summed E-state index contributed by atoms with van der Waals surface area (Å²) in [6.07, 6.45) is 3.67. The van der Waals surface area contributed by atoms with E-state index in [2.05, 4.69) is 18.9 Å². The van der Waals surface area contributed by atoms with E-state index in [9.17, 15) is 5.11 Å². The lowest BCUT2D eigenvalue weighted by molar-refractivity contribution is 0.108. The van der Waals surface area contributed by atoms with Crippen LogP contribution >= 0.6 is 0 Å². The van der Waals surface area contributed by atoms with Crippen molar-refractivity contribution < 1.29 is 5.11 Å². The number of hydrogen-bond acceptors (Lipinski definition) is 3. The Bertz CT molecular complexity index is 432. The summed E-state index contributed by atoms with van der Waals surface area (Å²) in [5.74, 6) is 0.302. The van der Waals surface area contributed by atoms with Gasteiger partial charge < -0.3 is 5.11 Å². The van der Waals surface area contributed by atoms with Gasteiger partial charge in [-0.25, -0.2) is 0 Å². The lowest BCUT2D eigenvalue weighted by Crippen LogP contribution is -2.40. The Morgan fingerprint density at radius 1 is 1.22 bits per heavy atom. The van der Waals surface area contributed by atoms with Gasteiger partial charge in [0.25, 0.3) is 0 Å². The number of hydrogen-bond donors (Lipinski definition) is 1. The molecule has 0 aromatic heterocycles. The molecule has 0 unspecified atom stereocenters. The minimum atomic E-state index is 0.302. The summed E-state index contributed by atoms with van der Waals surface area (Å²) in [6.45, 7) is 6.40. The van der Waals surface area contributed by atoms with E-state index in [1.807, 2.05) is 25.1 Å². The molecule has 1 aromatic carbocycles. The molecule has 1 heterocycles. The van der Waals surface area contributed by atoms with Gasteiger partial charge in [-0.2, -0.15) is 5.10 Å². The van der Waals surface area contributed by atoms with E-state index in [-0.39, 0.29) is 0 Å². The molecule has 1 saturated heterocycles. The third-order valence-electron chi connectivity index (χ3n) is 3.71. The summed E-state index contributed by atoms with van der Waals surface area (Å²) < 4.78 is 0. The van der Waals surface area contributed by atoms with Crippen LogP contribution in [0, 0.1) is 0 Å². The molecule has 1 fully saturated rings. The first-order chi connectivity index (χ1) is 8.59. The van der Waals surface area contributed by atoms with Gasteiger partial charge in [-0.3, -0.25) is 5.01 Å². The van der Waals surface area contributed by atoms with E-state index >= 15 is 0 Å². The van der Waals surface area contributed by atoms with Crippen LogP contribution in [0.3, 0.4) is 0 Å². The number of phenolic OH excluding ortho intramolecular Hbond substituents is 1. The molecular formula is C15H22N2O. The van der Waals surface area contributed by atoms with Crippen molar-refractivity contribution in [3.05, 3.63) is 29.8 Å². The Morgan fingerprint density at radius 3 is 2.44 bits per heavy atom. The zero-order chi connectivity index (χ0) is 13.1. The first kappa shape index (κ1) is 12.9. The van der Waals surface area contributed by atoms with Crippen LogP contribution in [-0.2, 0) is 0 Å². The van der Waals surface area contributed by atoms with Crippen LogP contribution in [0.25, 0.3) is 0 Å². The van der Waals surface area contributed by atoms with Gasteiger partial charge in [0.2, 0.25) is 0 Å². The Kier molecular flexibility index (Phi) is 3.90. The molecule has 18 heavy (non-hydrogen) atoms. The highest BCUT2D eigenvalue weighted by Gasteiger charge is 2.23. The summed E-state index contributed by atoms with van der Waals surface area (Å²) >= 11 is 0. The zero-order valence-electron chi connectivity index (χ0n) is 11.4. The van der Waals surface area contributed by atoms with Crippen LogP contribution in [0.15, 0.2) is 29.4 Å². The summed E-state index contributed by atoms with van der Waals surface area (Å²) in [5.41, 5.74) is 1.70. The minimum Gasteiger partial charge on any atom is -0.507 e. The van der Waals surface area contributed by atoms with Crippen LogP contribution in [-0.4, -0.2) is 27.9 Å². The second-order valence-corrected chi connectivity index (χ2v) is 5.21. The van der Waals surface area contributed by atoms with Crippen molar-refractivity contribution in [2.75, 3.05) is 0 Å². The fourth-order valence-electron chi connectivity index (χ4n) is 2.61. The molecule has 3 nitrogen and oxygen atoms in total. The maximum absolute atomic E-state index is 9.84. The molecule has 2 atom stereocenters. The first-order valence-corrected chi connectivity index (χ1v) is 6.71. The molecule has 3 heteroatoms. The van der Waals surface area contributed by atoms with Crippen LogP contribution < -0.4 is 0 Å². The normalized spacial score (nSPS) is 25.3. The molecule has 0 spiro atoms. The molecule has 0 aliphatic carbocycles. The van der Waals surface area contributed by atoms with Crippen molar-refractivity contribution in [2.45, 2.75) is 52.1 Å². The van der Waals surface area contributed by atoms with Gasteiger partial charge in [-0.15, -0.1) is 0 Å². The lowest BCUT2D eigenvalue weighted by atomic mass is 10.00. The van der Waals surface area contributed by atoms with Gasteiger partial charge in [-0.1, -0.05) is 12.1 Å². The molecular weight excluding hydrogens is 224 g/mol. The molecule has 0 saturated carbocycles. The highest BCUT2D eigenvalue weighted by Crippen LogP contribution is 2.24. The molecule has 0 amide bonds. The molecule has 1 N–H and O–H groups in total. The van der Waals surface area contributed by atoms with E-state index in [1.165, 1.54) is 19.3 Å². The van der Waals surface area contributed by atoms with Crippen LogP contribution in [0.2, 0.25) is 0 Å². The second kappa shape index (κ2) is 5.42. The van der Waals surface area contributed by atoms with Crippen molar-refractivity contribution in [1.29, 1.82) is 0 Å². The monoisotopic (exact) mass is 246 g/mol. The Labute approximate surface area is 109 Å². The van der Waals surface area contributed by atoms with Gasteiger partial charge in [0, 0.05) is 17.6 Å². The number of para-hydroxylation sites is 1. The zero-order valence-corrected chi connectivity index (χ0v) is 11.4. The summed E-state index contributed by atoms with van der Waals surface area (Å²) in [5, 5.41) is 16.7. The molecule has 1 aliphatic rings. The number of aromatic hydroxyl groups is 1. The minimum absolute atomic E-state index is 0.302. The molecule has 0 radical (unpaired) electrons. The Hall–Kier alpha value is -1.51. The van der Waals surface area contributed by atoms with E-state index in [1.54, 1.807) is 6.07 Å². The number of rotatable bonds is 2. The summed E-state index contributed by atoms with van der Waals surface area (Å²) in [6, 6.07) is 8.34. The van der Waals surface area contributed by atoms with E-state index < -0.39 is 0 Å². The number of phenols is 1. The Balaban J connectivity index is 2.24. The SMILES string of the molecule is C/C(=N\N1[C@@H](C)CCC[C@@H]1C)c1ccccc1O. The number of nitrogens with zero attached hydrogens (tertiary/aromatic N) is 2. The van der Waals surface area contributed by atoms with Gasteiger partial charge in [0.15, 0.2) is 0 Å². The number of hydrazone groups is 1. The average molecular weight is 246 g/mol. The topological polar surface area (TPSA) is 35.8 Å². The molecule has 98 valence electrons. The standard InChI is InChI=1S/C15H22N2O/c1-11-7-6-8-12(2)17(11)16-13(3)14-9-4-5-10-15(14)18/h4-5,9-12,18H,6-8H2,1-3H3/b16-13+/t11-,12-/m0/s1.